The van der Waals surface area contributed by atoms with Crippen LogP contribution in [0.15, 0.2) is 0 Å². The van der Waals surface area contributed by atoms with Gasteiger partial charge in [0.25, 0.3) is 0 Å². The largest absolute Gasteiger partial charge is 0.381 e. The van der Waals surface area contributed by atoms with Crippen LogP contribution in [0.5, 0.6) is 0 Å². The number of hydrogen-bond donors (Lipinski definition) is 0. The van der Waals surface area contributed by atoms with E-state index in [2.05, 4.69) is 0 Å². The molecule has 0 bridgehead atoms. The molecule has 2 aliphatic carbocycles. The number of rotatable bonds is 1. The zero-order valence-corrected chi connectivity index (χ0v) is 4.61. The van der Waals surface area contributed by atoms with Crippen LogP contribution in [-0.4, -0.2) is 13.2 Å². The summed E-state index contributed by atoms with van der Waals surface area (Å²) < 4.78 is 5.14. The molecule has 0 saturated heterocycles. The van der Waals surface area contributed by atoms with E-state index in [1.807, 2.05) is 7.11 Å². The normalized spacial score (nSPS) is 41.6. The lowest BCUT2D eigenvalue weighted by molar-refractivity contribution is 0.166. The summed E-state index contributed by atoms with van der Waals surface area (Å²) >= 11 is 0. The molecule has 1 spiro atoms. The summed E-state index contributed by atoms with van der Waals surface area (Å²) in [5.74, 6) is 0. The van der Waals surface area contributed by atoms with Gasteiger partial charge in [0, 0.05) is 7.11 Å². The Morgan fingerprint density at radius 1 is 1.57 bits per heavy atom. The number of methoxy groups -OCH3 is 1. The van der Waals surface area contributed by atoms with E-state index in [4.69, 9.17) is 4.74 Å². The first-order chi connectivity index (χ1) is 3.37. The Labute approximate surface area is 43.7 Å². The van der Waals surface area contributed by atoms with Gasteiger partial charge in [0.05, 0.1) is 6.10 Å². The maximum atomic E-state index is 5.14. The molecule has 2 saturated carbocycles. The molecule has 40 valence electrons. The molecule has 1 heteroatoms. The van der Waals surface area contributed by atoms with Crippen molar-refractivity contribution in [2.24, 2.45) is 5.41 Å². The van der Waals surface area contributed by atoms with Crippen LogP contribution < -0.4 is 0 Å². The second-order valence-electron chi connectivity index (χ2n) is 2.79. The van der Waals surface area contributed by atoms with Gasteiger partial charge in [0.2, 0.25) is 0 Å². The van der Waals surface area contributed by atoms with E-state index in [-0.39, 0.29) is 0 Å². The van der Waals surface area contributed by atoms with Crippen molar-refractivity contribution in [3.63, 3.8) is 0 Å². The average Bonchev–Trinajstić information content (AvgIpc) is 2.52. The Bertz CT molecular complexity index is 94.4. The van der Waals surface area contributed by atoms with Crippen LogP contribution in [0.25, 0.3) is 0 Å². The van der Waals surface area contributed by atoms with Gasteiger partial charge in [-0.3, -0.25) is 0 Å². The van der Waals surface area contributed by atoms with Crippen LogP contribution in [0.4, 0.5) is 0 Å². The van der Waals surface area contributed by atoms with E-state index in [0.29, 0.717) is 6.10 Å². The van der Waals surface area contributed by atoms with Crippen molar-refractivity contribution in [3.8, 4) is 0 Å². The predicted molar refractivity (Wildman–Crippen MR) is 27.1 cm³/mol. The zero-order valence-electron chi connectivity index (χ0n) is 4.61. The first kappa shape index (κ1) is 3.90. The quantitative estimate of drug-likeness (QED) is 0.478. The molecule has 7 heavy (non-hydrogen) atoms. The van der Waals surface area contributed by atoms with Gasteiger partial charge in [-0.2, -0.15) is 0 Å². The molecule has 0 amide bonds. The summed E-state index contributed by atoms with van der Waals surface area (Å²) in [6.07, 6.45) is 4.88. The van der Waals surface area contributed by atoms with Crippen LogP contribution >= 0.6 is 0 Å². The minimum absolute atomic E-state index is 0.660. The molecular weight excluding hydrogens is 88.1 g/mol. The first-order valence-electron chi connectivity index (χ1n) is 2.90. The SMILES string of the molecule is CO[C@H]1CC12CC2. The van der Waals surface area contributed by atoms with Crippen molar-refractivity contribution < 1.29 is 4.74 Å². The van der Waals surface area contributed by atoms with Gasteiger partial charge < -0.3 is 4.74 Å². The standard InChI is InChI=1S/C6H10O/c1-7-5-4-6(5)2-3-6/h5H,2-4H2,1H3/t5-/m0/s1. The van der Waals surface area contributed by atoms with Crippen molar-refractivity contribution in [2.75, 3.05) is 7.11 Å². The van der Waals surface area contributed by atoms with Crippen molar-refractivity contribution in [3.05, 3.63) is 0 Å². The lowest BCUT2D eigenvalue weighted by atomic mass is 10.4. The molecule has 2 fully saturated rings. The summed E-state index contributed by atoms with van der Waals surface area (Å²) in [7, 11) is 1.82. The molecule has 0 N–H and O–H groups in total. The molecule has 0 heterocycles. The summed E-state index contributed by atoms with van der Waals surface area (Å²) in [4.78, 5) is 0. The Balaban J connectivity index is 1.97. The zero-order chi connectivity index (χ0) is 4.91. The molecule has 2 rings (SSSR count). The van der Waals surface area contributed by atoms with E-state index < -0.39 is 0 Å². The molecule has 0 aromatic heterocycles. The molecular formula is C6H10O. The maximum absolute atomic E-state index is 5.14. The van der Waals surface area contributed by atoms with Gasteiger partial charge in [-0.15, -0.1) is 0 Å². The second kappa shape index (κ2) is 0.873. The van der Waals surface area contributed by atoms with Gasteiger partial charge >= 0.3 is 0 Å². The van der Waals surface area contributed by atoms with Crippen LogP contribution in [-0.2, 0) is 4.74 Å². The fourth-order valence-electron chi connectivity index (χ4n) is 1.33. The van der Waals surface area contributed by atoms with Crippen LogP contribution in [0.2, 0.25) is 0 Å². The summed E-state index contributed by atoms with van der Waals surface area (Å²) in [5, 5.41) is 0. The van der Waals surface area contributed by atoms with Crippen LogP contribution in [0.1, 0.15) is 19.3 Å². The molecule has 0 radical (unpaired) electrons. The molecule has 0 aromatic rings. The van der Waals surface area contributed by atoms with E-state index in [1.54, 1.807) is 0 Å². The first-order valence-corrected chi connectivity index (χ1v) is 2.90. The van der Waals surface area contributed by atoms with Gasteiger partial charge in [-0.05, 0) is 24.7 Å². The van der Waals surface area contributed by atoms with E-state index in [1.165, 1.54) is 19.3 Å². The molecule has 2 aliphatic rings. The van der Waals surface area contributed by atoms with Gasteiger partial charge in [0.1, 0.15) is 0 Å². The molecule has 1 nitrogen and oxygen atoms in total. The number of hydrogen-bond acceptors (Lipinski definition) is 1. The highest BCUT2D eigenvalue weighted by molar-refractivity contribution is 5.13. The third-order valence-electron chi connectivity index (χ3n) is 2.29. The Morgan fingerprint density at radius 2 is 2.29 bits per heavy atom. The fourth-order valence-corrected chi connectivity index (χ4v) is 1.33. The topological polar surface area (TPSA) is 9.23 Å². The lowest BCUT2D eigenvalue weighted by Crippen LogP contribution is -1.88. The maximum Gasteiger partial charge on any atom is 0.0634 e. The van der Waals surface area contributed by atoms with E-state index in [9.17, 15) is 0 Å². The molecule has 0 aliphatic heterocycles. The highest BCUT2D eigenvalue weighted by Crippen LogP contribution is 2.67. The highest BCUT2D eigenvalue weighted by atomic mass is 16.5. The molecule has 1 atom stereocenters. The minimum atomic E-state index is 0.660. The minimum Gasteiger partial charge on any atom is -0.381 e. The van der Waals surface area contributed by atoms with E-state index in [0.717, 1.165) is 5.41 Å². The van der Waals surface area contributed by atoms with Crippen molar-refractivity contribution in [1.82, 2.24) is 0 Å². The van der Waals surface area contributed by atoms with Crippen molar-refractivity contribution >= 4 is 0 Å². The highest BCUT2D eigenvalue weighted by Gasteiger charge is 2.63. The smallest absolute Gasteiger partial charge is 0.0634 e. The van der Waals surface area contributed by atoms with E-state index >= 15 is 0 Å². The lowest BCUT2D eigenvalue weighted by Gasteiger charge is -1.86. The predicted octanol–water partition coefficient (Wildman–Crippen LogP) is 1.19. The van der Waals surface area contributed by atoms with Crippen LogP contribution in [0.3, 0.4) is 0 Å². The number of ether oxygens (including phenoxy) is 1. The van der Waals surface area contributed by atoms with Gasteiger partial charge in [-0.1, -0.05) is 0 Å². The fraction of sp³-hybridized carbons (Fsp3) is 1.00. The Kier molecular flexibility index (Phi) is 0.487. The Hall–Kier alpha value is -0.0400. The monoisotopic (exact) mass is 98.1 g/mol. The van der Waals surface area contributed by atoms with Crippen molar-refractivity contribution in [1.29, 1.82) is 0 Å². The summed E-state index contributed by atoms with van der Waals surface area (Å²) in [5.41, 5.74) is 0.745. The third-order valence-corrected chi connectivity index (χ3v) is 2.29. The summed E-state index contributed by atoms with van der Waals surface area (Å²) in [6.45, 7) is 0. The average molecular weight is 98.1 g/mol. The Morgan fingerprint density at radius 3 is 2.43 bits per heavy atom. The molecule has 0 unspecified atom stereocenters. The molecule has 0 aromatic carbocycles. The van der Waals surface area contributed by atoms with Crippen LogP contribution in [0, 0.1) is 5.41 Å². The third kappa shape index (κ3) is 0.367. The van der Waals surface area contributed by atoms with Gasteiger partial charge in [0.15, 0.2) is 0 Å². The summed E-state index contributed by atoms with van der Waals surface area (Å²) in [6, 6.07) is 0. The second-order valence-corrected chi connectivity index (χ2v) is 2.79. The van der Waals surface area contributed by atoms with Gasteiger partial charge in [-0.25, -0.2) is 0 Å². The van der Waals surface area contributed by atoms with Crippen molar-refractivity contribution in [2.45, 2.75) is 25.4 Å².